The highest BCUT2D eigenvalue weighted by Gasteiger charge is 2.24. The Morgan fingerprint density at radius 1 is 1.41 bits per heavy atom. The first-order valence-electron chi connectivity index (χ1n) is 5.74. The van der Waals surface area contributed by atoms with Gasteiger partial charge in [0.15, 0.2) is 0 Å². The van der Waals surface area contributed by atoms with Gasteiger partial charge in [-0.3, -0.25) is 14.3 Å². The number of aromatic amines is 1. The van der Waals surface area contributed by atoms with E-state index in [-0.39, 0.29) is 6.10 Å². The second kappa shape index (κ2) is 5.77. The van der Waals surface area contributed by atoms with Crippen LogP contribution >= 0.6 is 0 Å². The van der Waals surface area contributed by atoms with E-state index >= 15 is 0 Å². The van der Waals surface area contributed by atoms with Crippen molar-refractivity contribution in [2.45, 2.75) is 45.9 Å². The number of hydrogen-bond donors (Lipinski definition) is 1. The smallest absolute Gasteiger partial charge is 0.330 e. The van der Waals surface area contributed by atoms with Gasteiger partial charge in [-0.1, -0.05) is 13.8 Å². The summed E-state index contributed by atoms with van der Waals surface area (Å²) >= 11 is 0. The van der Waals surface area contributed by atoms with Crippen LogP contribution in [-0.2, 0) is 4.74 Å². The van der Waals surface area contributed by atoms with Crippen molar-refractivity contribution in [1.82, 2.24) is 9.55 Å². The molecule has 2 unspecified atom stereocenters. The van der Waals surface area contributed by atoms with Crippen molar-refractivity contribution < 1.29 is 9.13 Å². The van der Waals surface area contributed by atoms with Gasteiger partial charge >= 0.3 is 5.69 Å². The maximum atomic E-state index is 13.0. The topological polar surface area (TPSA) is 64.1 Å². The molecule has 0 radical (unpaired) electrons. The molecular formula is C11H17FN2O3. The zero-order valence-corrected chi connectivity index (χ0v) is 10.2. The third-order valence-corrected chi connectivity index (χ3v) is 2.44. The molecule has 0 amide bonds. The van der Waals surface area contributed by atoms with Crippen LogP contribution in [-0.4, -0.2) is 15.7 Å². The minimum absolute atomic E-state index is 0.0527. The van der Waals surface area contributed by atoms with Crippen molar-refractivity contribution in [2.75, 3.05) is 0 Å². The largest absolute Gasteiger partial charge is 0.355 e. The highest BCUT2D eigenvalue weighted by atomic mass is 19.1. The first-order valence-corrected chi connectivity index (χ1v) is 5.74. The first kappa shape index (κ1) is 13.6. The molecule has 0 bridgehead atoms. The van der Waals surface area contributed by atoms with E-state index < -0.39 is 23.3 Å². The summed E-state index contributed by atoms with van der Waals surface area (Å²) in [5.41, 5.74) is -1.64. The number of nitrogens with one attached hydrogen (secondary N) is 1. The maximum Gasteiger partial charge on any atom is 0.330 e. The zero-order valence-electron chi connectivity index (χ0n) is 10.2. The van der Waals surface area contributed by atoms with Crippen LogP contribution in [0.1, 0.15) is 39.8 Å². The molecule has 5 nitrogen and oxygen atoms in total. The van der Waals surface area contributed by atoms with E-state index in [9.17, 15) is 14.0 Å². The Balaban J connectivity index is 0.000000686. The van der Waals surface area contributed by atoms with E-state index in [1.807, 2.05) is 25.8 Å². The quantitative estimate of drug-likeness (QED) is 0.812. The Hall–Kier alpha value is -1.43. The highest BCUT2D eigenvalue weighted by Crippen LogP contribution is 2.26. The molecule has 2 rings (SSSR count). The lowest BCUT2D eigenvalue weighted by Crippen LogP contribution is -2.33. The van der Waals surface area contributed by atoms with E-state index in [2.05, 4.69) is 0 Å². The fourth-order valence-electron chi connectivity index (χ4n) is 1.66. The number of hydrogen-bond acceptors (Lipinski definition) is 3. The zero-order chi connectivity index (χ0) is 13.0. The van der Waals surface area contributed by atoms with E-state index in [0.717, 1.165) is 17.2 Å². The predicted molar refractivity (Wildman–Crippen MR) is 61.4 cm³/mol. The van der Waals surface area contributed by atoms with E-state index in [4.69, 9.17) is 4.74 Å². The molecule has 1 saturated heterocycles. The fraction of sp³-hybridized carbons (Fsp3) is 0.636. The van der Waals surface area contributed by atoms with Gasteiger partial charge in [-0.2, -0.15) is 4.39 Å². The summed E-state index contributed by atoms with van der Waals surface area (Å²) in [4.78, 5) is 24.0. The summed E-state index contributed by atoms with van der Waals surface area (Å²) in [5, 5.41) is 0. The van der Waals surface area contributed by atoms with Crippen molar-refractivity contribution >= 4 is 0 Å². The van der Waals surface area contributed by atoms with Gasteiger partial charge < -0.3 is 4.74 Å². The highest BCUT2D eigenvalue weighted by molar-refractivity contribution is 4.89. The van der Waals surface area contributed by atoms with Gasteiger partial charge in [0.1, 0.15) is 6.23 Å². The Kier molecular flexibility index (Phi) is 4.62. The molecule has 0 saturated carbocycles. The Labute approximate surface area is 98.2 Å². The molecule has 2 heterocycles. The number of aromatic nitrogens is 2. The Bertz CT molecular complexity index is 480. The predicted octanol–water partition coefficient (Wildman–Crippen LogP) is 1.40. The summed E-state index contributed by atoms with van der Waals surface area (Å²) in [6.45, 7) is 5.88. The number of ether oxygens (including phenoxy) is 1. The monoisotopic (exact) mass is 244 g/mol. The molecule has 1 aliphatic heterocycles. The number of rotatable bonds is 1. The van der Waals surface area contributed by atoms with Crippen LogP contribution in [0.3, 0.4) is 0 Å². The molecule has 0 spiro atoms. The normalized spacial score (nSPS) is 23.1. The molecule has 96 valence electrons. The number of H-pyrrole nitrogens is 1. The van der Waals surface area contributed by atoms with Gasteiger partial charge in [0.2, 0.25) is 5.82 Å². The molecule has 2 atom stereocenters. The van der Waals surface area contributed by atoms with Crippen LogP contribution in [0.5, 0.6) is 0 Å². The second-order valence-electron chi connectivity index (χ2n) is 3.62. The number of nitrogens with zero attached hydrogens (tertiary/aromatic N) is 1. The Morgan fingerprint density at radius 3 is 2.59 bits per heavy atom. The van der Waals surface area contributed by atoms with E-state index in [1.165, 1.54) is 0 Å². The summed E-state index contributed by atoms with van der Waals surface area (Å²) in [6, 6.07) is 0. The van der Waals surface area contributed by atoms with Crippen molar-refractivity contribution in [3.8, 4) is 0 Å². The van der Waals surface area contributed by atoms with E-state index in [1.54, 1.807) is 0 Å². The molecular weight excluding hydrogens is 227 g/mol. The summed E-state index contributed by atoms with van der Waals surface area (Å²) in [6.07, 6.45) is 1.93. The van der Waals surface area contributed by atoms with Crippen LogP contribution in [0.25, 0.3) is 0 Å². The van der Waals surface area contributed by atoms with Gasteiger partial charge in [0.05, 0.1) is 12.3 Å². The van der Waals surface area contributed by atoms with Gasteiger partial charge in [0, 0.05) is 0 Å². The van der Waals surface area contributed by atoms with Gasteiger partial charge in [-0.05, 0) is 19.8 Å². The van der Waals surface area contributed by atoms with Crippen molar-refractivity contribution in [3.63, 3.8) is 0 Å². The average molecular weight is 244 g/mol. The maximum absolute atomic E-state index is 13.0. The SMILES string of the molecule is CC.CC1CCC(n2cc(F)c(=O)[nH]c2=O)O1. The second-order valence-corrected chi connectivity index (χ2v) is 3.62. The van der Waals surface area contributed by atoms with Gasteiger partial charge in [-0.25, -0.2) is 4.79 Å². The molecule has 1 aromatic heterocycles. The lowest BCUT2D eigenvalue weighted by atomic mass is 10.2. The average Bonchev–Trinajstić information content (AvgIpc) is 2.73. The summed E-state index contributed by atoms with van der Waals surface area (Å²) in [7, 11) is 0. The Morgan fingerprint density at radius 2 is 2.06 bits per heavy atom. The lowest BCUT2D eigenvalue weighted by Gasteiger charge is -2.13. The van der Waals surface area contributed by atoms with E-state index in [0.29, 0.717) is 6.42 Å². The van der Waals surface area contributed by atoms with Crippen LogP contribution in [0, 0.1) is 5.82 Å². The summed E-state index contributed by atoms with van der Waals surface area (Å²) < 4.78 is 19.4. The molecule has 0 aliphatic carbocycles. The number of halogens is 1. The van der Waals surface area contributed by atoms with Crippen molar-refractivity contribution in [1.29, 1.82) is 0 Å². The van der Waals surface area contributed by atoms with Crippen LogP contribution < -0.4 is 11.2 Å². The summed E-state index contributed by atoms with van der Waals surface area (Å²) in [5.74, 6) is -0.974. The third kappa shape index (κ3) is 3.03. The van der Waals surface area contributed by atoms with Gasteiger partial charge in [-0.15, -0.1) is 0 Å². The van der Waals surface area contributed by atoms with Gasteiger partial charge in [0.25, 0.3) is 5.56 Å². The van der Waals surface area contributed by atoms with Crippen molar-refractivity contribution in [2.24, 2.45) is 0 Å². The minimum atomic E-state index is -0.998. The third-order valence-electron chi connectivity index (χ3n) is 2.44. The molecule has 0 aromatic carbocycles. The lowest BCUT2D eigenvalue weighted by molar-refractivity contribution is 0.00727. The van der Waals surface area contributed by atoms with Crippen LogP contribution in [0.4, 0.5) is 4.39 Å². The molecule has 6 heteroatoms. The fourth-order valence-corrected chi connectivity index (χ4v) is 1.66. The van der Waals surface area contributed by atoms with Crippen LogP contribution in [0.15, 0.2) is 15.8 Å². The first-order chi connectivity index (χ1) is 8.08. The van der Waals surface area contributed by atoms with Crippen LogP contribution in [0.2, 0.25) is 0 Å². The molecule has 1 aliphatic rings. The minimum Gasteiger partial charge on any atom is -0.355 e. The molecule has 17 heavy (non-hydrogen) atoms. The molecule has 1 N–H and O–H groups in total. The van der Waals surface area contributed by atoms with Crippen molar-refractivity contribution in [3.05, 3.63) is 32.9 Å². The molecule has 1 aromatic rings. The molecule has 1 fully saturated rings. The standard InChI is InChI=1S/C9H11FN2O3.C2H6/c1-5-2-3-7(15-5)12-4-6(10)8(13)11-9(12)14;1-2/h4-5,7H,2-3H2,1H3,(H,11,13,14);1-2H3.